The number of hydrogen-bond acceptors (Lipinski definition) is 3. The highest BCUT2D eigenvalue weighted by Crippen LogP contribution is 2.51. The number of nitrogens with zero attached hydrogens (tertiary/aromatic N) is 2. The van der Waals surface area contributed by atoms with Gasteiger partial charge in [-0.15, -0.1) is 0 Å². The molecule has 0 radical (unpaired) electrons. The second-order valence-corrected chi connectivity index (χ2v) is 7.80. The molecule has 2 atom stereocenters. The lowest BCUT2D eigenvalue weighted by atomic mass is 9.56. The predicted octanol–water partition coefficient (Wildman–Crippen LogP) is 1.77. The number of piperidine rings is 2. The fourth-order valence-corrected chi connectivity index (χ4v) is 5.58. The van der Waals surface area contributed by atoms with Crippen LogP contribution >= 0.6 is 0 Å². The number of fused-ring (bicyclic) bond motifs is 1. The van der Waals surface area contributed by atoms with Gasteiger partial charge in [0.05, 0.1) is 10.8 Å². The molecular weight excluding hydrogens is 236 g/mol. The van der Waals surface area contributed by atoms with Crippen LogP contribution in [-0.4, -0.2) is 54.9 Å². The first-order chi connectivity index (χ1) is 9.12. The zero-order valence-corrected chi connectivity index (χ0v) is 12.2. The minimum absolute atomic E-state index is 0.0117. The first-order valence-corrected chi connectivity index (χ1v) is 8.12. The summed E-state index contributed by atoms with van der Waals surface area (Å²) < 4.78 is 0. The number of ketones is 1. The van der Waals surface area contributed by atoms with Gasteiger partial charge >= 0.3 is 0 Å². The molecule has 106 valence electrons. The highest BCUT2D eigenvalue weighted by molar-refractivity contribution is 5.93. The molecule has 3 heteroatoms. The number of hydrogen-bond donors (Lipinski definition) is 0. The Kier molecular flexibility index (Phi) is 2.63. The van der Waals surface area contributed by atoms with Crippen molar-refractivity contribution in [3.05, 3.63) is 0 Å². The van der Waals surface area contributed by atoms with Crippen LogP contribution in [0.1, 0.15) is 39.0 Å². The van der Waals surface area contributed by atoms with Crippen LogP contribution in [0.15, 0.2) is 0 Å². The number of Topliss-reactive ketones (excluding diaryl/α,β-unsaturated/α-hetero) is 1. The smallest absolute Gasteiger partial charge is 0.150 e. The van der Waals surface area contributed by atoms with E-state index >= 15 is 0 Å². The maximum absolute atomic E-state index is 13.2. The summed E-state index contributed by atoms with van der Waals surface area (Å²) in [5, 5.41) is 0. The molecule has 0 amide bonds. The Morgan fingerprint density at radius 3 is 2.11 bits per heavy atom. The molecule has 19 heavy (non-hydrogen) atoms. The molecule has 0 aromatic rings. The van der Waals surface area contributed by atoms with Crippen LogP contribution in [0.2, 0.25) is 0 Å². The maximum Gasteiger partial charge on any atom is 0.150 e. The van der Waals surface area contributed by atoms with Crippen molar-refractivity contribution in [2.24, 2.45) is 16.7 Å². The lowest BCUT2D eigenvalue weighted by Gasteiger charge is -2.56. The Hall–Kier alpha value is -0.410. The Labute approximate surface area is 116 Å². The van der Waals surface area contributed by atoms with Crippen LogP contribution < -0.4 is 0 Å². The van der Waals surface area contributed by atoms with E-state index in [1.807, 2.05) is 0 Å². The summed E-state index contributed by atoms with van der Waals surface area (Å²) in [5.41, 5.74) is -0.0907. The van der Waals surface area contributed by atoms with Crippen molar-refractivity contribution < 1.29 is 4.79 Å². The first-order valence-electron chi connectivity index (χ1n) is 8.12. The Bertz CT molecular complexity index is 384. The maximum atomic E-state index is 13.2. The van der Waals surface area contributed by atoms with Gasteiger partial charge < -0.3 is 0 Å². The fraction of sp³-hybridized carbons (Fsp3) is 0.938. The summed E-state index contributed by atoms with van der Waals surface area (Å²) in [4.78, 5) is 18.4. The van der Waals surface area contributed by atoms with Crippen molar-refractivity contribution >= 4 is 5.78 Å². The third-order valence-electron chi connectivity index (χ3n) is 6.28. The van der Waals surface area contributed by atoms with Crippen molar-refractivity contribution in [3.63, 3.8) is 0 Å². The number of carbonyl (C=O) groups is 1. The van der Waals surface area contributed by atoms with Crippen LogP contribution in [0.3, 0.4) is 0 Å². The van der Waals surface area contributed by atoms with E-state index in [0.29, 0.717) is 11.7 Å². The normalized spacial score (nSPS) is 50.5. The first kappa shape index (κ1) is 12.3. The summed E-state index contributed by atoms with van der Waals surface area (Å²) >= 11 is 0. The van der Waals surface area contributed by atoms with Crippen LogP contribution in [0.25, 0.3) is 0 Å². The molecule has 4 heterocycles. The van der Waals surface area contributed by atoms with E-state index in [-0.39, 0.29) is 10.8 Å². The molecule has 4 aliphatic heterocycles. The van der Waals surface area contributed by atoms with Crippen molar-refractivity contribution in [1.29, 1.82) is 0 Å². The molecule has 5 aliphatic rings. The monoisotopic (exact) mass is 262 g/mol. The molecule has 0 aromatic heterocycles. The van der Waals surface area contributed by atoms with Crippen molar-refractivity contribution in [3.8, 4) is 0 Å². The lowest BCUT2D eigenvalue weighted by molar-refractivity contribution is -0.161. The average Bonchev–Trinajstić information content (AvgIpc) is 2.64. The Morgan fingerprint density at radius 2 is 1.53 bits per heavy atom. The van der Waals surface area contributed by atoms with Crippen molar-refractivity contribution in [2.75, 3.05) is 39.3 Å². The fourth-order valence-electron chi connectivity index (χ4n) is 5.58. The van der Waals surface area contributed by atoms with E-state index in [1.54, 1.807) is 0 Å². The van der Waals surface area contributed by atoms with Gasteiger partial charge in [0.1, 0.15) is 5.78 Å². The largest absolute Gasteiger partial charge is 0.300 e. The summed E-state index contributed by atoms with van der Waals surface area (Å²) in [5.74, 6) is 1.29. The third-order valence-corrected chi connectivity index (χ3v) is 6.28. The molecule has 0 aromatic carbocycles. The van der Waals surface area contributed by atoms with E-state index in [0.717, 1.165) is 26.2 Å². The van der Waals surface area contributed by atoms with Crippen LogP contribution in [0, 0.1) is 16.7 Å². The third kappa shape index (κ3) is 1.67. The molecule has 1 aliphatic carbocycles. The lowest BCUT2D eigenvalue weighted by Crippen LogP contribution is -2.68. The van der Waals surface area contributed by atoms with E-state index in [4.69, 9.17) is 0 Å². The molecule has 5 rings (SSSR count). The van der Waals surface area contributed by atoms with Gasteiger partial charge in [-0.25, -0.2) is 0 Å². The van der Waals surface area contributed by atoms with Gasteiger partial charge in [0, 0.05) is 39.3 Å². The molecular formula is C16H26N2O. The van der Waals surface area contributed by atoms with Crippen LogP contribution in [0.5, 0.6) is 0 Å². The summed E-state index contributed by atoms with van der Waals surface area (Å²) in [6.07, 6.45) is 6.66. The Morgan fingerprint density at radius 1 is 0.947 bits per heavy atom. The highest BCUT2D eigenvalue weighted by Gasteiger charge is 2.61. The topological polar surface area (TPSA) is 23.6 Å². The number of carbonyl (C=O) groups excluding carboxylic acids is 1. The highest BCUT2D eigenvalue weighted by atomic mass is 16.1. The summed E-state index contributed by atoms with van der Waals surface area (Å²) in [7, 11) is 0. The quantitative estimate of drug-likeness (QED) is 0.719. The van der Waals surface area contributed by atoms with Gasteiger partial charge in [-0.3, -0.25) is 14.6 Å². The molecule has 4 saturated heterocycles. The minimum Gasteiger partial charge on any atom is -0.300 e. The minimum atomic E-state index is -0.0789. The molecule has 2 unspecified atom stereocenters. The molecule has 5 fully saturated rings. The van der Waals surface area contributed by atoms with Gasteiger partial charge in [0.2, 0.25) is 0 Å². The zero-order chi connectivity index (χ0) is 13.1. The van der Waals surface area contributed by atoms with E-state index in [9.17, 15) is 4.79 Å². The molecule has 1 saturated carbocycles. The van der Waals surface area contributed by atoms with Crippen molar-refractivity contribution in [2.45, 2.75) is 39.0 Å². The van der Waals surface area contributed by atoms with Crippen molar-refractivity contribution in [1.82, 2.24) is 9.80 Å². The van der Waals surface area contributed by atoms with Gasteiger partial charge in [-0.2, -0.15) is 0 Å². The second kappa shape index (κ2) is 4.05. The van der Waals surface area contributed by atoms with Gasteiger partial charge in [0.15, 0.2) is 0 Å². The average molecular weight is 262 g/mol. The van der Waals surface area contributed by atoms with E-state index in [1.165, 1.54) is 45.2 Å². The molecule has 4 bridgehead atoms. The summed E-state index contributed by atoms with van der Waals surface area (Å²) in [6.45, 7) is 8.73. The standard InChI is InChI=1S/C16H26N2O/c1-15-9-17-7-8-18(10-15)12-16(11-17,14(15)19)13-5-3-2-4-6-13/h13H,2-12H2,1H3. The van der Waals surface area contributed by atoms with Gasteiger partial charge in [0.25, 0.3) is 0 Å². The van der Waals surface area contributed by atoms with Gasteiger partial charge in [-0.1, -0.05) is 26.2 Å². The Balaban J connectivity index is 1.75. The van der Waals surface area contributed by atoms with E-state index in [2.05, 4.69) is 16.7 Å². The van der Waals surface area contributed by atoms with Crippen LogP contribution in [0.4, 0.5) is 0 Å². The molecule has 0 N–H and O–H groups in total. The number of rotatable bonds is 1. The van der Waals surface area contributed by atoms with Gasteiger partial charge in [-0.05, 0) is 18.8 Å². The van der Waals surface area contributed by atoms with Crippen LogP contribution in [-0.2, 0) is 4.79 Å². The predicted molar refractivity (Wildman–Crippen MR) is 75.0 cm³/mol. The zero-order valence-electron chi connectivity index (χ0n) is 12.2. The molecule has 0 spiro atoms. The van der Waals surface area contributed by atoms with E-state index < -0.39 is 0 Å². The summed E-state index contributed by atoms with van der Waals surface area (Å²) in [6, 6.07) is 0. The SMILES string of the molecule is CC12CN3CCN(C1)CC(C1CCCCC1)(C3)C2=O. The molecule has 3 nitrogen and oxygen atoms in total. The second-order valence-electron chi connectivity index (χ2n) is 7.80.